The first-order valence-corrected chi connectivity index (χ1v) is 3.40. The van der Waals surface area contributed by atoms with Gasteiger partial charge in [-0.05, 0) is 6.92 Å². The zero-order valence-electron chi connectivity index (χ0n) is 5.50. The molecule has 0 aromatic heterocycles. The quantitative estimate of drug-likeness (QED) is 0.227. The first-order chi connectivity index (χ1) is 4.70. The highest BCUT2D eigenvalue weighted by atomic mass is 32.2. The van der Waals surface area contributed by atoms with E-state index in [0.29, 0.717) is 6.54 Å². The van der Waals surface area contributed by atoms with Crippen LogP contribution in [-0.2, 0) is 4.89 Å². The minimum Gasteiger partial charge on any atom is -0.378 e. The maximum atomic E-state index is 8.10. The van der Waals surface area contributed by atoms with Crippen molar-refractivity contribution in [3.63, 3.8) is 0 Å². The van der Waals surface area contributed by atoms with Gasteiger partial charge in [-0.15, -0.1) is 0 Å². The zero-order valence-corrected chi connectivity index (χ0v) is 6.31. The molecule has 58 valence electrons. The fraction of sp³-hybridized carbons (Fsp3) is 0.500. The predicted octanol–water partition coefficient (Wildman–Crippen LogP) is 0.479. The molecule has 10 heavy (non-hydrogen) atoms. The largest absolute Gasteiger partial charge is 0.378 e. The van der Waals surface area contributed by atoms with Crippen LogP contribution in [0.5, 0.6) is 0 Å². The minimum absolute atomic E-state index is 0.00463. The van der Waals surface area contributed by atoms with Crippen LogP contribution in [0.3, 0.4) is 0 Å². The molecule has 0 heterocycles. The van der Waals surface area contributed by atoms with Crippen molar-refractivity contribution in [2.45, 2.75) is 6.92 Å². The Morgan fingerprint density at radius 2 is 2.50 bits per heavy atom. The molecular weight excluding hydrogens is 154 g/mol. The van der Waals surface area contributed by atoms with Gasteiger partial charge in [0.2, 0.25) is 0 Å². The summed E-state index contributed by atoms with van der Waals surface area (Å²) in [5.41, 5.74) is 4.97. The lowest BCUT2D eigenvalue weighted by atomic mass is 10.8. The monoisotopic (exact) mass is 163 g/mol. The van der Waals surface area contributed by atoms with Crippen LogP contribution in [0.4, 0.5) is 0 Å². The van der Waals surface area contributed by atoms with E-state index >= 15 is 0 Å². The zero-order chi connectivity index (χ0) is 7.98. The average molecular weight is 163 g/mol. The molecule has 6 heteroatoms. The molecule has 0 aliphatic heterocycles. The van der Waals surface area contributed by atoms with Crippen molar-refractivity contribution in [1.82, 2.24) is 0 Å². The van der Waals surface area contributed by atoms with Gasteiger partial charge in [0.25, 0.3) is 5.23 Å². The van der Waals surface area contributed by atoms with Crippen molar-refractivity contribution in [1.29, 1.82) is 5.41 Å². The summed E-state index contributed by atoms with van der Waals surface area (Å²) in [6.07, 6.45) is 0. The molecule has 0 amide bonds. The molecule has 0 unspecified atom stereocenters. The van der Waals surface area contributed by atoms with E-state index in [4.69, 9.17) is 16.4 Å². The first kappa shape index (κ1) is 9.25. The summed E-state index contributed by atoms with van der Waals surface area (Å²) in [5.74, 6) is 0. The lowest BCUT2D eigenvalue weighted by molar-refractivity contribution is -0.150. The summed E-state index contributed by atoms with van der Waals surface area (Å²) >= 11 is 0.763. The van der Waals surface area contributed by atoms with Crippen molar-refractivity contribution >= 4 is 22.2 Å². The van der Waals surface area contributed by atoms with Gasteiger partial charge in [-0.25, -0.2) is 10.2 Å². The van der Waals surface area contributed by atoms with Crippen LogP contribution in [-0.4, -0.2) is 22.2 Å². The molecule has 0 aromatic carbocycles. The highest BCUT2D eigenvalue weighted by Gasteiger charge is 2.01. The normalized spacial score (nSPS) is 11.2. The van der Waals surface area contributed by atoms with Crippen molar-refractivity contribution in [3.05, 3.63) is 0 Å². The summed E-state index contributed by atoms with van der Waals surface area (Å²) in [6.45, 7) is 2.26. The predicted molar refractivity (Wildman–Crippen MR) is 41.2 cm³/mol. The maximum absolute atomic E-state index is 8.10. The van der Waals surface area contributed by atoms with Gasteiger partial charge in [-0.3, -0.25) is 5.41 Å². The number of hydrogen-bond donors (Lipinski definition) is 3. The molecule has 0 fully saturated rings. The third kappa shape index (κ3) is 4.16. The number of rotatable bonds is 1. The third-order valence-corrected chi connectivity index (χ3v) is 1.16. The number of nitrogens with one attached hydrogen (secondary N) is 1. The van der Waals surface area contributed by atoms with E-state index in [1.807, 2.05) is 0 Å². The fourth-order valence-corrected chi connectivity index (χ4v) is 0.722. The SMILES string of the molecule is CCN=C(OO)SC(=N)N. The van der Waals surface area contributed by atoms with E-state index < -0.39 is 0 Å². The van der Waals surface area contributed by atoms with Gasteiger partial charge in [0.1, 0.15) is 0 Å². The van der Waals surface area contributed by atoms with Gasteiger partial charge in [0.15, 0.2) is 5.17 Å². The van der Waals surface area contributed by atoms with Gasteiger partial charge in [0, 0.05) is 18.3 Å². The van der Waals surface area contributed by atoms with Crippen LogP contribution >= 0.6 is 11.8 Å². The van der Waals surface area contributed by atoms with Gasteiger partial charge in [-0.2, -0.15) is 0 Å². The Morgan fingerprint density at radius 3 is 2.80 bits per heavy atom. The average Bonchev–Trinajstić information content (AvgIpc) is 1.86. The smallest absolute Gasteiger partial charge is 0.294 e. The first-order valence-electron chi connectivity index (χ1n) is 2.58. The van der Waals surface area contributed by atoms with Crippen molar-refractivity contribution in [3.8, 4) is 0 Å². The molecule has 0 saturated heterocycles. The second-order valence-electron chi connectivity index (χ2n) is 1.30. The van der Waals surface area contributed by atoms with E-state index in [1.54, 1.807) is 6.92 Å². The van der Waals surface area contributed by atoms with Crippen LogP contribution in [0.15, 0.2) is 4.99 Å². The van der Waals surface area contributed by atoms with Gasteiger partial charge >= 0.3 is 0 Å². The van der Waals surface area contributed by atoms with Crippen LogP contribution in [0.1, 0.15) is 6.92 Å². The molecule has 0 saturated carbocycles. The minimum atomic E-state index is -0.166. The van der Waals surface area contributed by atoms with E-state index in [9.17, 15) is 0 Å². The molecule has 4 N–H and O–H groups in total. The summed E-state index contributed by atoms with van der Waals surface area (Å²) < 4.78 is 0. The summed E-state index contributed by atoms with van der Waals surface area (Å²) in [5, 5.41) is 14.7. The lowest BCUT2D eigenvalue weighted by Gasteiger charge is -1.97. The standard InChI is InChI=1S/C4H9N3O2S/c1-2-7-4(9-8)10-3(5)6/h8H,2H2,1H3,(H3,5,6). The number of hydrogen-bond acceptors (Lipinski definition) is 5. The van der Waals surface area contributed by atoms with E-state index in [0.717, 1.165) is 11.8 Å². The Kier molecular flexibility index (Phi) is 4.69. The number of amidine groups is 1. The maximum Gasteiger partial charge on any atom is 0.294 e. The molecule has 0 atom stereocenters. The molecule has 0 aromatic rings. The van der Waals surface area contributed by atoms with E-state index in [1.165, 1.54) is 0 Å². The number of thioether (sulfide) groups is 1. The Balaban J connectivity index is 3.83. The second kappa shape index (κ2) is 5.07. The topological polar surface area (TPSA) is 91.7 Å². The summed E-state index contributed by atoms with van der Waals surface area (Å²) in [7, 11) is 0. The Hall–Kier alpha value is -0.750. The molecular formula is C4H9N3O2S. The Bertz CT molecular complexity index is 147. The Morgan fingerprint density at radius 1 is 1.90 bits per heavy atom. The lowest BCUT2D eigenvalue weighted by Crippen LogP contribution is -2.09. The summed E-state index contributed by atoms with van der Waals surface area (Å²) in [4.78, 5) is 7.46. The summed E-state index contributed by atoms with van der Waals surface area (Å²) in [6, 6.07) is 0. The number of nitrogens with two attached hydrogens (primary N) is 1. The van der Waals surface area contributed by atoms with Crippen LogP contribution in [0.25, 0.3) is 0 Å². The molecule has 5 nitrogen and oxygen atoms in total. The van der Waals surface area contributed by atoms with Crippen molar-refractivity contribution < 1.29 is 10.1 Å². The molecule has 0 bridgehead atoms. The van der Waals surface area contributed by atoms with Gasteiger partial charge < -0.3 is 10.6 Å². The van der Waals surface area contributed by atoms with E-state index in [2.05, 4.69) is 9.88 Å². The van der Waals surface area contributed by atoms with Crippen molar-refractivity contribution in [2.75, 3.05) is 6.54 Å². The molecule has 0 aliphatic carbocycles. The van der Waals surface area contributed by atoms with Crippen molar-refractivity contribution in [2.24, 2.45) is 10.7 Å². The van der Waals surface area contributed by atoms with E-state index in [-0.39, 0.29) is 10.4 Å². The van der Waals surface area contributed by atoms with Crippen LogP contribution < -0.4 is 5.73 Å². The second-order valence-corrected chi connectivity index (χ2v) is 2.29. The molecule has 0 spiro atoms. The number of nitrogens with zero attached hydrogens (tertiary/aromatic N) is 1. The highest BCUT2D eigenvalue weighted by molar-refractivity contribution is 8.26. The molecule has 0 radical (unpaired) electrons. The molecule has 0 rings (SSSR count). The van der Waals surface area contributed by atoms with Crippen LogP contribution in [0.2, 0.25) is 0 Å². The van der Waals surface area contributed by atoms with Crippen LogP contribution in [0, 0.1) is 5.41 Å². The fourth-order valence-electron chi connectivity index (χ4n) is 0.303. The van der Waals surface area contributed by atoms with Gasteiger partial charge in [0.05, 0.1) is 0 Å². The third-order valence-electron chi connectivity index (χ3n) is 0.563. The Labute approximate surface area is 62.7 Å². The molecule has 0 aliphatic rings. The van der Waals surface area contributed by atoms with Gasteiger partial charge in [-0.1, -0.05) is 0 Å². The highest BCUT2D eigenvalue weighted by Crippen LogP contribution is 2.02. The number of aliphatic imine (C=N–C) groups is 1.